The monoisotopic (exact) mass is 268 g/mol. The Kier molecular flexibility index (Phi) is 7.21. The van der Waals surface area contributed by atoms with Crippen molar-refractivity contribution in [2.24, 2.45) is 16.8 Å². The van der Waals surface area contributed by atoms with Crippen molar-refractivity contribution in [3.63, 3.8) is 0 Å². The Labute approximate surface area is 119 Å². The maximum Gasteiger partial charge on any atom is 0.191 e. The van der Waals surface area contributed by atoms with E-state index in [1.165, 1.54) is 32.5 Å². The maximum absolute atomic E-state index is 4.31. The molecule has 0 saturated carbocycles. The smallest absolute Gasteiger partial charge is 0.191 e. The van der Waals surface area contributed by atoms with Crippen molar-refractivity contribution < 1.29 is 0 Å². The van der Waals surface area contributed by atoms with Crippen LogP contribution in [0.5, 0.6) is 0 Å². The Hall–Kier alpha value is -0.770. The van der Waals surface area contributed by atoms with Crippen molar-refractivity contribution in [2.75, 3.05) is 33.2 Å². The third-order valence-corrected chi connectivity index (χ3v) is 4.06. The van der Waals surface area contributed by atoms with Gasteiger partial charge in [0.2, 0.25) is 0 Å². The number of hydrogen-bond acceptors (Lipinski definition) is 2. The zero-order valence-electron chi connectivity index (χ0n) is 13.4. The Bertz CT molecular complexity index is 275. The van der Waals surface area contributed by atoms with Crippen LogP contribution in [0.15, 0.2) is 4.99 Å². The molecule has 2 N–H and O–H groups in total. The molecule has 1 fully saturated rings. The van der Waals surface area contributed by atoms with Gasteiger partial charge in [-0.05, 0) is 44.7 Å². The third kappa shape index (κ3) is 5.81. The predicted octanol–water partition coefficient (Wildman–Crippen LogP) is 1.93. The summed E-state index contributed by atoms with van der Waals surface area (Å²) in [5.74, 6) is 2.32. The van der Waals surface area contributed by atoms with Crippen LogP contribution in [0, 0.1) is 11.8 Å². The maximum atomic E-state index is 4.31. The summed E-state index contributed by atoms with van der Waals surface area (Å²) in [5.41, 5.74) is 0. The van der Waals surface area contributed by atoms with Crippen molar-refractivity contribution in [1.82, 2.24) is 15.5 Å². The van der Waals surface area contributed by atoms with E-state index in [1.54, 1.807) is 0 Å². The fourth-order valence-electron chi connectivity index (χ4n) is 2.42. The van der Waals surface area contributed by atoms with Crippen molar-refractivity contribution >= 4 is 5.96 Å². The van der Waals surface area contributed by atoms with E-state index in [0.717, 1.165) is 18.4 Å². The molecule has 0 amide bonds. The summed E-state index contributed by atoms with van der Waals surface area (Å²) in [6.07, 6.45) is 2.57. The van der Waals surface area contributed by atoms with Crippen molar-refractivity contribution in [1.29, 1.82) is 0 Å². The van der Waals surface area contributed by atoms with Gasteiger partial charge in [-0.3, -0.25) is 4.99 Å². The largest absolute Gasteiger partial charge is 0.356 e. The minimum Gasteiger partial charge on any atom is -0.356 e. The minimum atomic E-state index is 0.450. The summed E-state index contributed by atoms with van der Waals surface area (Å²) in [6, 6.07) is 0.450. The van der Waals surface area contributed by atoms with E-state index in [2.05, 4.69) is 48.2 Å². The zero-order chi connectivity index (χ0) is 14.3. The van der Waals surface area contributed by atoms with Crippen LogP contribution in [0.2, 0.25) is 0 Å². The van der Waals surface area contributed by atoms with E-state index < -0.39 is 0 Å². The van der Waals surface area contributed by atoms with Gasteiger partial charge in [0, 0.05) is 26.2 Å². The SMILES string of the molecule is CCCN1CCC(CNC(=NC)NC(C)C(C)C)C1. The molecule has 0 bridgehead atoms. The van der Waals surface area contributed by atoms with Gasteiger partial charge in [0.1, 0.15) is 0 Å². The van der Waals surface area contributed by atoms with E-state index in [0.29, 0.717) is 12.0 Å². The molecule has 0 aliphatic carbocycles. The molecule has 19 heavy (non-hydrogen) atoms. The van der Waals surface area contributed by atoms with Crippen LogP contribution in [0.4, 0.5) is 0 Å². The van der Waals surface area contributed by atoms with Crippen LogP contribution < -0.4 is 10.6 Å². The molecule has 1 rings (SSSR count). The number of nitrogens with one attached hydrogen (secondary N) is 2. The van der Waals surface area contributed by atoms with Crippen LogP contribution in [-0.2, 0) is 0 Å². The van der Waals surface area contributed by atoms with Crippen LogP contribution in [0.25, 0.3) is 0 Å². The highest BCUT2D eigenvalue weighted by Crippen LogP contribution is 2.15. The van der Waals surface area contributed by atoms with E-state index in [-0.39, 0.29) is 0 Å². The van der Waals surface area contributed by atoms with E-state index in [9.17, 15) is 0 Å². The molecule has 2 atom stereocenters. The summed E-state index contributed by atoms with van der Waals surface area (Å²) in [6.45, 7) is 13.7. The number of likely N-dealkylation sites (tertiary alicyclic amines) is 1. The van der Waals surface area contributed by atoms with Crippen LogP contribution >= 0.6 is 0 Å². The molecule has 2 unspecified atom stereocenters. The summed E-state index contributed by atoms with van der Waals surface area (Å²) in [5, 5.41) is 6.92. The average molecular weight is 268 g/mol. The van der Waals surface area contributed by atoms with Gasteiger partial charge in [-0.2, -0.15) is 0 Å². The first-order valence-corrected chi connectivity index (χ1v) is 7.76. The fraction of sp³-hybridized carbons (Fsp3) is 0.933. The molecule has 0 aromatic carbocycles. The number of rotatable bonds is 6. The van der Waals surface area contributed by atoms with Crippen molar-refractivity contribution in [3.8, 4) is 0 Å². The highest BCUT2D eigenvalue weighted by Gasteiger charge is 2.21. The van der Waals surface area contributed by atoms with Gasteiger partial charge in [0.25, 0.3) is 0 Å². The second kappa shape index (κ2) is 8.41. The predicted molar refractivity (Wildman–Crippen MR) is 83.6 cm³/mol. The summed E-state index contributed by atoms with van der Waals surface area (Å²) >= 11 is 0. The third-order valence-electron chi connectivity index (χ3n) is 4.06. The molecule has 0 radical (unpaired) electrons. The first-order valence-electron chi connectivity index (χ1n) is 7.76. The summed E-state index contributed by atoms with van der Waals surface area (Å²) < 4.78 is 0. The van der Waals surface area contributed by atoms with Gasteiger partial charge in [-0.1, -0.05) is 20.8 Å². The Balaban J connectivity index is 2.27. The Morgan fingerprint density at radius 3 is 2.68 bits per heavy atom. The number of hydrogen-bond donors (Lipinski definition) is 2. The highest BCUT2D eigenvalue weighted by molar-refractivity contribution is 5.79. The number of nitrogens with zero attached hydrogens (tertiary/aromatic N) is 2. The molecule has 112 valence electrons. The lowest BCUT2D eigenvalue weighted by Gasteiger charge is -2.22. The molecule has 1 heterocycles. The Morgan fingerprint density at radius 2 is 2.11 bits per heavy atom. The molecule has 0 spiro atoms. The Morgan fingerprint density at radius 1 is 1.37 bits per heavy atom. The van der Waals surface area contributed by atoms with Crippen molar-refractivity contribution in [3.05, 3.63) is 0 Å². The van der Waals surface area contributed by atoms with Gasteiger partial charge in [0.05, 0.1) is 0 Å². The normalized spacial score (nSPS) is 22.8. The molecular weight excluding hydrogens is 236 g/mol. The average Bonchev–Trinajstić information content (AvgIpc) is 2.82. The van der Waals surface area contributed by atoms with Gasteiger partial charge in [-0.15, -0.1) is 0 Å². The number of guanidine groups is 1. The lowest BCUT2D eigenvalue weighted by Crippen LogP contribution is -2.45. The highest BCUT2D eigenvalue weighted by atomic mass is 15.2. The lowest BCUT2D eigenvalue weighted by atomic mass is 10.1. The quantitative estimate of drug-likeness (QED) is 0.571. The molecule has 4 nitrogen and oxygen atoms in total. The molecule has 0 aromatic rings. The van der Waals surface area contributed by atoms with E-state index in [4.69, 9.17) is 0 Å². The van der Waals surface area contributed by atoms with E-state index in [1.807, 2.05) is 7.05 Å². The topological polar surface area (TPSA) is 39.7 Å². The molecule has 1 aliphatic heterocycles. The minimum absolute atomic E-state index is 0.450. The fourth-order valence-corrected chi connectivity index (χ4v) is 2.42. The standard InChI is InChI=1S/C15H32N4/c1-6-8-19-9-7-14(11-19)10-17-15(16-5)18-13(4)12(2)3/h12-14H,6-11H2,1-5H3,(H2,16,17,18). The van der Waals surface area contributed by atoms with E-state index >= 15 is 0 Å². The van der Waals surface area contributed by atoms with Crippen LogP contribution in [0.3, 0.4) is 0 Å². The molecule has 1 aliphatic rings. The lowest BCUT2D eigenvalue weighted by molar-refractivity contribution is 0.324. The van der Waals surface area contributed by atoms with Gasteiger partial charge >= 0.3 is 0 Å². The van der Waals surface area contributed by atoms with Gasteiger partial charge < -0.3 is 15.5 Å². The second-order valence-corrected chi connectivity index (χ2v) is 6.09. The summed E-state index contributed by atoms with van der Waals surface area (Å²) in [7, 11) is 1.85. The molecule has 0 aromatic heterocycles. The molecule has 1 saturated heterocycles. The summed E-state index contributed by atoms with van der Waals surface area (Å²) in [4.78, 5) is 6.88. The first kappa shape index (κ1) is 16.3. The van der Waals surface area contributed by atoms with Gasteiger partial charge in [-0.25, -0.2) is 0 Å². The first-order chi connectivity index (χ1) is 9.06. The molecular formula is C15H32N4. The van der Waals surface area contributed by atoms with Crippen LogP contribution in [0.1, 0.15) is 40.5 Å². The van der Waals surface area contributed by atoms with Crippen LogP contribution in [-0.4, -0.2) is 50.1 Å². The van der Waals surface area contributed by atoms with Crippen molar-refractivity contribution in [2.45, 2.75) is 46.6 Å². The van der Waals surface area contributed by atoms with Gasteiger partial charge in [0.15, 0.2) is 5.96 Å². The zero-order valence-corrected chi connectivity index (χ0v) is 13.4. The number of aliphatic imine (C=N–C) groups is 1. The molecule has 4 heteroatoms. The second-order valence-electron chi connectivity index (χ2n) is 6.09.